The summed E-state index contributed by atoms with van der Waals surface area (Å²) in [6.07, 6.45) is -0.288. The number of esters is 2. The van der Waals surface area contributed by atoms with Gasteiger partial charge in [0.05, 0.1) is 24.2 Å². The molecule has 26 heavy (non-hydrogen) atoms. The molecule has 1 aliphatic heterocycles. The van der Waals surface area contributed by atoms with E-state index >= 15 is 0 Å². The zero-order valence-electron chi connectivity index (χ0n) is 15.0. The van der Waals surface area contributed by atoms with Gasteiger partial charge in [-0.3, -0.25) is 4.79 Å². The minimum Gasteiger partial charge on any atom is -0.461 e. The van der Waals surface area contributed by atoms with Crippen LogP contribution in [0.3, 0.4) is 0 Å². The van der Waals surface area contributed by atoms with E-state index in [1.165, 1.54) is 0 Å². The SMILES string of the molecule is C=C(CO)C(=O)O[C@H]1CC(=C)[C@@H]2C[C@H](O)C(=C)[C@@H]2[C@H]2OC(=O)[C@@H](CC)[C@@H]21. The Hall–Kier alpha value is -1.92. The number of aliphatic hydroxyl groups excluding tert-OH is 2. The number of carbonyl (C=O) groups excluding carboxylic acids is 2. The lowest BCUT2D eigenvalue weighted by Crippen LogP contribution is -2.38. The Morgan fingerprint density at radius 2 is 2.08 bits per heavy atom. The van der Waals surface area contributed by atoms with Crippen LogP contribution in [0.1, 0.15) is 26.2 Å². The van der Waals surface area contributed by atoms with E-state index in [0.29, 0.717) is 24.8 Å². The fourth-order valence-electron chi connectivity index (χ4n) is 4.74. The number of hydrogen-bond acceptors (Lipinski definition) is 6. The Bertz CT molecular complexity index is 665. The lowest BCUT2D eigenvalue weighted by atomic mass is 9.78. The summed E-state index contributed by atoms with van der Waals surface area (Å²) in [6.45, 7) is 13.1. The van der Waals surface area contributed by atoms with Gasteiger partial charge < -0.3 is 19.7 Å². The molecule has 3 fully saturated rings. The van der Waals surface area contributed by atoms with E-state index in [0.717, 1.165) is 5.57 Å². The van der Waals surface area contributed by atoms with E-state index in [2.05, 4.69) is 19.7 Å². The van der Waals surface area contributed by atoms with Gasteiger partial charge in [-0.15, -0.1) is 0 Å². The highest BCUT2D eigenvalue weighted by Crippen LogP contribution is 2.53. The van der Waals surface area contributed by atoms with E-state index in [4.69, 9.17) is 14.6 Å². The topological polar surface area (TPSA) is 93.1 Å². The second kappa shape index (κ2) is 7.00. The first-order valence-corrected chi connectivity index (χ1v) is 9.04. The van der Waals surface area contributed by atoms with Crippen LogP contribution in [0.25, 0.3) is 0 Å². The largest absolute Gasteiger partial charge is 0.461 e. The molecule has 0 aromatic carbocycles. The van der Waals surface area contributed by atoms with Gasteiger partial charge in [-0.1, -0.05) is 32.2 Å². The summed E-state index contributed by atoms with van der Waals surface area (Å²) in [5.41, 5.74) is 1.48. The summed E-state index contributed by atoms with van der Waals surface area (Å²) in [5, 5.41) is 19.4. The number of aliphatic hydroxyl groups is 2. The van der Waals surface area contributed by atoms with Crippen molar-refractivity contribution in [2.45, 2.75) is 44.5 Å². The molecule has 3 aliphatic rings. The number of fused-ring (bicyclic) bond motifs is 3. The maximum absolute atomic E-state index is 12.4. The Balaban J connectivity index is 1.97. The van der Waals surface area contributed by atoms with Crippen molar-refractivity contribution in [2.24, 2.45) is 23.7 Å². The summed E-state index contributed by atoms with van der Waals surface area (Å²) in [7, 11) is 0. The molecule has 0 aromatic rings. The highest BCUT2D eigenvalue weighted by molar-refractivity contribution is 5.88. The summed E-state index contributed by atoms with van der Waals surface area (Å²) < 4.78 is 11.3. The van der Waals surface area contributed by atoms with Crippen LogP contribution in [-0.2, 0) is 19.1 Å². The van der Waals surface area contributed by atoms with Gasteiger partial charge in [-0.05, 0) is 24.3 Å². The van der Waals surface area contributed by atoms with Crippen LogP contribution in [0.2, 0.25) is 0 Å². The minimum absolute atomic E-state index is 0.0327. The molecular formula is C20H26O6. The molecule has 2 aliphatic carbocycles. The van der Waals surface area contributed by atoms with Crippen molar-refractivity contribution in [2.75, 3.05) is 6.61 Å². The molecule has 142 valence electrons. The predicted molar refractivity (Wildman–Crippen MR) is 93.8 cm³/mol. The first kappa shape index (κ1) is 18.9. The molecule has 2 saturated carbocycles. The van der Waals surface area contributed by atoms with Crippen molar-refractivity contribution in [1.82, 2.24) is 0 Å². The Morgan fingerprint density at radius 1 is 1.38 bits per heavy atom. The van der Waals surface area contributed by atoms with E-state index in [1.807, 2.05) is 6.92 Å². The van der Waals surface area contributed by atoms with Crippen molar-refractivity contribution in [3.63, 3.8) is 0 Å². The van der Waals surface area contributed by atoms with E-state index in [9.17, 15) is 14.7 Å². The molecule has 6 nitrogen and oxygen atoms in total. The van der Waals surface area contributed by atoms with Gasteiger partial charge >= 0.3 is 11.9 Å². The van der Waals surface area contributed by atoms with Gasteiger partial charge in [0.25, 0.3) is 0 Å². The van der Waals surface area contributed by atoms with Crippen LogP contribution in [0.4, 0.5) is 0 Å². The molecule has 1 saturated heterocycles. The molecule has 0 bridgehead atoms. The molecule has 6 heteroatoms. The van der Waals surface area contributed by atoms with Crippen LogP contribution >= 0.6 is 0 Å². The average molecular weight is 362 g/mol. The molecule has 2 N–H and O–H groups in total. The fraction of sp³-hybridized carbons (Fsp3) is 0.600. The highest BCUT2D eigenvalue weighted by atomic mass is 16.6. The Kier molecular flexibility index (Phi) is 5.08. The van der Waals surface area contributed by atoms with Crippen molar-refractivity contribution in [3.05, 3.63) is 36.5 Å². The number of hydrogen-bond donors (Lipinski definition) is 2. The standard InChI is InChI=1S/C20H26O6/c1-5-12-17-15(25-19(23)10(3)8-21)6-9(2)13-7-14(22)11(4)16(13)18(17)26-20(12)24/h12-18,21-22H,2-8H2,1H3/t12-,13-,14-,15-,16-,17+,18+/m0/s1. The number of ether oxygens (including phenoxy) is 2. The maximum atomic E-state index is 12.4. The number of carbonyl (C=O) groups is 2. The molecule has 0 amide bonds. The molecule has 0 radical (unpaired) electrons. The molecule has 7 atom stereocenters. The summed E-state index contributed by atoms with van der Waals surface area (Å²) in [6, 6.07) is 0. The quantitative estimate of drug-likeness (QED) is 0.448. The third-order valence-corrected chi connectivity index (χ3v) is 6.11. The monoisotopic (exact) mass is 362 g/mol. The zero-order valence-corrected chi connectivity index (χ0v) is 15.0. The normalized spacial score (nSPS) is 39.0. The summed E-state index contributed by atoms with van der Waals surface area (Å²) in [5.74, 6) is -1.98. The third-order valence-electron chi connectivity index (χ3n) is 6.11. The Morgan fingerprint density at radius 3 is 2.69 bits per heavy atom. The van der Waals surface area contributed by atoms with Crippen molar-refractivity contribution < 1.29 is 29.3 Å². The molecule has 1 heterocycles. The zero-order chi connectivity index (χ0) is 19.2. The lowest BCUT2D eigenvalue weighted by molar-refractivity contribution is -0.149. The van der Waals surface area contributed by atoms with Crippen LogP contribution in [0.5, 0.6) is 0 Å². The summed E-state index contributed by atoms with van der Waals surface area (Å²) >= 11 is 0. The van der Waals surface area contributed by atoms with E-state index in [1.54, 1.807) is 0 Å². The minimum atomic E-state index is -0.677. The van der Waals surface area contributed by atoms with Gasteiger partial charge in [0.2, 0.25) is 0 Å². The van der Waals surface area contributed by atoms with Crippen LogP contribution < -0.4 is 0 Å². The predicted octanol–water partition coefficient (Wildman–Crippen LogP) is 1.53. The first-order valence-electron chi connectivity index (χ1n) is 9.04. The fourth-order valence-corrected chi connectivity index (χ4v) is 4.74. The molecule has 3 rings (SSSR count). The van der Waals surface area contributed by atoms with E-state index < -0.39 is 36.8 Å². The molecule has 0 spiro atoms. The first-order chi connectivity index (χ1) is 12.3. The average Bonchev–Trinajstić information content (AvgIpc) is 3.06. The highest BCUT2D eigenvalue weighted by Gasteiger charge is 2.58. The second-order valence-electron chi connectivity index (χ2n) is 7.52. The Labute approximate surface area is 153 Å². The van der Waals surface area contributed by atoms with Crippen molar-refractivity contribution in [3.8, 4) is 0 Å². The van der Waals surface area contributed by atoms with E-state index in [-0.39, 0.29) is 29.3 Å². The lowest BCUT2D eigenvalue weighted by Gasteiger charge is -2.30. The van der Waals surface area contributed by atoms with Gasteiger partial charge in [0.1, 0.15) is 12.2 Å². The smallest absolute Gasteiger partial charge is 0.336 e. The van der Waals surface area contributed by atoms with Crippen molar-refractivity contribution >= 4 is 11.9 Å². The molecule has 0 aromatic heterocycles. The molecular weight excluding hydrogens is 336 g/mol. The van der Waals surface area contributed by atoms with Gasteiger partial charge in [0.15, 0.2) is 0 Å². The van der Waals surface area contributed by atoms with Gasteiger partial charge in [-0.25, -0.2) is 4.79 Å². The summed E-state index contributed by atoms with van der Waals surface area (Å²) in [4.78, 5) is 24.6. The van der Waals surface area contributed by atoms with Crippen LogP contribution in [0.15, 0.2) is 36.5 Å². The second-order valence-corrected chi connectivity index (χ2v) is 7.52. The van der Waals surface area contributed by atoms with Crippen LogP contribution in [-0.4, -0.2) is 47.1 Å². The number of rotatable bonds is 4. The van der Waals surface area contributed by atoms with Crippen molar-refractivity contribution in [1.29, 1.82) is 0 Å². The maximum Gasteiger partial charge on any atom is 0.336 e. The third kappa shape index (κ3) is 2.91. The molecule has 0 unspecified atom stereocenters. The van der Waals surface area contributed by atoms with Gasteiger partial charge in [-0.2, -0.15) is 0 Å². The van der Waals surface area contributed by atoms with Crippen LogP contribution in [0, 0.1) is 23.7 Å². The van der Waals surface area contributed by atoms with Gasteiger partial charge in [0, 0.05) is 18.3 Å².